The number of esters is 1. The van der Waals surface area contributed by atoms with Gasteiger partial charge in [0.1, 0.15) is 12.7 Å². The molecule has 0 aromatic rings. The van der Waals surface area contributed by atoms with Crippen molar-refractivity contribution in [2.45, 2.75) is 209 Å². The van der Waals surface area contributed by atoms with Gasteiger partial charge in [0.2, 0.25) is 0 Å². The zero-order valence-electron chi connectivity index (χ0n) is 37.8. The largest absolute Gasteiger partial charge is 0.461 e. The maximum absolute atomic E-state index is 13.8. The minimum Gasteiger partial charge on any atom is -0.461 e. The zero-order valence-corrected chi connectivity index (χ0v) is 39.8. The Morgan fingerprint density at radius 1 is 0.925 bits per heavy atom. The van der Waals surface area contributed by atoms with E-state index in [9.17, 15) is 4.79 Å². The van der Waals surface area contributed by atoms with Crippen molar-refractivity contribution < 1.29 is 23.1 Å². The molecule has 0 aromatic carbocycles. The Hall–Kier alpha value is -1.26. The number of allylic oxidation sites excluding steroid dienone is 5. The van der Waals surface area contributed by atoms with Crippen LogP contribution in [-0.2, 0) is 23.1 Å². The Labute approximate surface area is 329 Å². The van der Waals surface area contributed by atoms with Gasteiger partial charge in [0.15, 0.2) is 22.4 Å². The maximum Gasteiger partial charge on any atom is 0.332 e. The standard InChI is InChI=1S/C46H82O5Si2/c1-20-36-25-26-38-34(22-21-27-45(36,38)15)23-24-35-28-46(51-53(18,19)44(12,13)14,31-39(33(35)2)50-52(16,17)43(9,10)11)48-32-40(47)49-37(29-41(3,4)5)30-42(6,7)8/h23-25,37-39H,2,20-22,26-32H2,1,3-19H3/t38-,39-,45+,46+/m0/s1. The predicted octanol–water partition coefficient (Wildman–Crippen LogP) is 13.6. The number of hydrogen-bond acceptors (Lipinski definition) is 5. The molecule has 0 amide bonds. The van der Waals surface area contributed by atoms with Crippen LogP contribution in [0.2, 0.25) is 36.3 Å². The third-order valence-electron chi connectivity index (χ3n) is 13.3. The molecule has 0 aliphatic heterocycles. The van der Waals surface area contributed by atoms with Gasteiger partial charge in [0.05, 0.1) is 6.10 Å². The van der Waals surface area contributed by atoms with Crippen molar-refractivity contribution in [2.75, 3.05) is 6.61 Å². The summed E-state index contributed by atoms with van der Waals surface area (Å²) in [5.74, 6) is -0.842. The summed E-state index contributed by atoms with van der Waals surface area (Å²) in [4.78, 5) is 13.8. The van der Waals surface area contributed by atoms with E-state index in [1.165, 1.54) is 18.4 Å². The Morgan fingerprint density at radius 2 is 1.49 bits per heavy atom. The van der Waals surface area contributed by atoms with E-state index in [0.29, 0.717) is 18.8 Å². The zero-order chi connectivity index (χ0) is 40.6. The van der Waals surface area contributed by atoms with Crippen molar-refractivity contribution in [1.29, 1.82) is 0 Å². The maximum atomic E-state index is 13.8. The van der Waals surface area contributed by atoms with Crippen molar-refractivity contribution in [3.8, 4) is 0 Å². The average molecular weight is 771 g/mol. The molecule has 53 heavy (non-hydrogen) atoms. The van der Waals surface area contributed by atoms with Gasteiger partial charge >= 0.3 is 5.97 Å². The fraction of sp³-hybridized carbons (Fsp3) is 0.804. The van der Waals surface area contributed by atoms with Crippen molar-refractivity contribution in [3.63, 3.8) is 0 Å². The van der Waals surface area contributed by atoms with Gasteiger partial charge in [-0.2, -0.15) is 0 Å². The monoisotopic (exact) mass is 771 g/mol. The lowest BCUT2D eigenvalue weighted by Crippen LogP contribution is -2.56. The first-order chi connectivity index (χ1) is 23.8. The quantitative estimate of drug-likeness (QED) is 0.0856. The molecule has 0 heterocycles. The molecule has 0 spiro atoms. The highest BCUT2D eigenvalue weighted by molar-refractivity contribution is 6.74. The van der Waals surface area contributed by atoms with E-state index in [-0.39, 0.29) is 51.1 Å². The summed E-state index contributed by atoms with van der Waals surface area (Å²) < 4.78 is 27.8. The number of carbonyl (C=O) groups is 1. The highest BCUT2D eigenvalue weighted by Gasteiger charge is 2.52. The summed E-state index contributed by atoms with van der Waals surface area (Å²) in [6, 6.07) is 0. The fourth-order valence-corrected chi connectivity index (χ4v) is 11.1. The van der Waals surface area contributed by atoms with Crippen LogP contribution in [0.1, 0.15) is 155 Å². The second-order valence-corrected chi connectivity index (χ2v) is 32.0. The van der Waals surface area contributed by atoms with Crippen LogP contribution in [0.5, 0.6) is 0 Å². The van der Waals surface area contributed by atoms with Crippen LogP contribution in [0.15, 0.2) is 47.1 Å². The molecule has 3 rings (SSSR count). The van der Waals surface area contributed by atoms with Crippen molar-refractivity contribution in [2.24, 2.45) is 22.2 Å². The second-order valence-electron chi connectivity index (χ2n) is 22.6. The summed E-state index contributed by atoms with van der Waals surface area (Å²) >= 11 is 0. The van der Waals surface area contributed by atoms with Gasteiger partial charge in [-0.25, -0.2) is 4.79 Å². The van der Waals surface area contributed by atoms with Crippen LogP contribution in [0, 0.1) is 22.2 Å². The minimum atomic E-state index is -2.40. The first-order valence-corrected chi connectivity index (χ1v) is 26.7. The molecule has 0 radical (unpaired) electrons. The van der Waals surface area contributed by atoms with Gasteiger partial charge in [-0.1, -0.05) is 133 Å². The van der Waals surface area contributed by atoms with Crippen molar-refractivity contribution in [3.05, 3.63) is 47.1 Å². The Bertz CT molecular complexity index is 1390. The van der Waals surface area contributed by atoms with Gasteiger partial charge < -0.3 is 18.3 Å². The highest BCUT2D eigenvalue weighted by atomic mass is 28.4. The lowest BCUT2D eigenvalue weighted by molar-refractivity contribution is -0.217. The summed E-state index contributed by atoms with van der Waals surface area (Å²) in [6.45, 7) is 45.4. The number of carbonyl (C=O) groups excluding carboxylic acids is 1. The normalized spacial score (nSPS) is 28.1. The SMILES string of the molecule is C=C1C(=CC=C2CCC[C@]3(C)C(CC)=CC[C@@H]23)C[C@@](OCC(=O)OC(CC(C)(C)C)CC(C)(C)C)(O[Si](C)(C)C(C)(C)C)C[C@@H]1O[Si](C)(C)C(C)(C)C. The molecule has 7 heteroatoms. The Kier molecular flexibility index (Phi) is 14.2. The van der Waals surface area contributed by atoms with E-state index in [1.54, 1.807) is 5.57 Å². The molecule has 3 aliphatic carbocycles. The molecule has 0 N–H and O–H groups in total. The molecule has 4 atom stereocenters. The van der Waals surface area contributed by atoms with Crippen LogP contribution in [-0.4, -0.2) is 47.2 Å². The molecule has 0 aromatic heterocycles. The molecule has 0 unspecified atom stereocenters. The minimum absolute atomic E-state index is 0.0122. The molecule has 0 bridgehead atoms. The van der Waals surface area contributed by atoms with Crippen LogP contribution in [0.25, 0.3) is 0 Å². The van der Waals surface area contributed by atoms with Crippen LogP contribution < -0.4 is 0 Å². The first-order valence-electron chi connectivity index (χ1n) is 20.8. The van der Waals surface area contributed by atoms with Crippen LogP contribution in [0.4, 0.5) is 0 Å². The van der Waals surface area contributed by atoms with Gasteiger partial charge in [0.25, 0.3) is 0 Å². The van der Waals surface area contributed by atoms with Gasteiger partial charge in [-0.15, -0.1) is 0 Å². The lowest BCUT2D eigenvalue weighted by atomic mass is 9.64. The Balaban J connectivity index is 2.09. The van der Waals surface area contributed by atoms with Gasteiger partial charge in [-0.3, -0.25) is 0 Å². The lowest BCUT2D eigenvalue weighted by Gasteiger charge is -2.51. The fourth-order valence-electron chi connectivity index (χ4n) is 8.33. The van der Waals surface area contributed by atoms with Gasteiger partial charge in [-0.05, 0) is 115 Å². The van der Waals surface area contributed by atoms with Gasteiger partial charge in [0, 0.05) is 12.8 Å². The van der Waals surface area contributed by atoms with E-state index in [1.807, 2.05) is 0 Å². The molecular formula is C46H82O5Si2. The Morgan fingerprint density at radius 3 is 2.00 bits per heavy atom. The number of hydrogen-bond donors (Lipinski definition) is 0. The number of ether oxygens (including phenoxy) is 2. The third-order valence-corrected chi connectivity index (χ3v) is 22.3. The van der Waals surface area contributed by atoms with Crippen LogP contribution >= 0.6 is 0 Å². The topological polar surface area (TPSA) is 54.0 Å². The van der Waals surface area contributed by atoms with E-state index < -0.39 is 22.4 Å². The second kappa shape index (κ2) is 16.3. The molecule has 304 valence electrons. The predicted molar refractivity (Wildman–Crippen MR) is 230 cm³/mol. The molecule has 2 fully saturated rings. The summed E-state index contributed by atoms with van der Waals surface area (Å²) in [5.41, 5.74) is 5.59. The van der Waals surface area contributed by atoms with E-state index in [4.69, 9.17) is 24.9 Å². The van der Waals surface area contributed by atoms with E-state index in [2.05, 4.69) is 141 Å². The highest BCUT2D eigenvalue weighted by Crippen LogP contribution is 2.56. The molecule has 5 nitrogen and oxygen atoms in total. The average Bonchev–Trinajstić information content (AvgIpc) is 3.30. The van der Waals surface area contributed by atoms with E-state index in [0.717, 1.165) is 43.3 Å². The number of fused-ring (bicyclic) bond motifs is 1. The molecular weight excluding hydrogens is 689 g/mol. The summed E-state index contributed by atoms with van der Waals surface area (Å²) in [7, 11) is -4.63. The molecule has 0 saturated heterocycles. The smallest absolute Gasteiger partial charge is 0.332 e. The van der Waals surface area contributed by atoms with Crippen LogP contribution in [0.3, 0.4) is 0 Å². The number of rotatable bonds is 12. The summed E-state index contributed by atoms with van der Waals surface area (Å²) in [5, 5.41) is -0.0538. The van der Waals surface area contributed by atoms with Crippen molar-refractivity contribution >= 4 is 22.6 Å². The molecule has 3 aliphatic rings. The first kappa shape index (κ1) is 46.1. The van der Waals surface area contributed by atoms with Crippen molar-refractivity contribution in [1.82, 2.24) is 0 Å². The molecule has 2 saturated carbocycles. The third kappa shape index (κ3) is 11.9. The summed E-state index contributed by atoms with van der Waals surface area (Å²) in [6.07, 6.45) is 15.2. The van der Waals surface area contributed by atoms with E-state index >= 15 is 0 Å².